The van der Waals surface area contributed by atoms with Gasteiger partial charge in [0.1, 0.15) is 18.1 Å². The number of carbonyl (C=O) groups is 1. The minimum absolute atomic E-state index is 0.195. The summed E-state index contributed by atoms with van der Waals surface area (Å²) < 4.78 is 16.1. The van der Waals surface area contributed by atoms with Crippen LogP contribution in [0.5, 0.6) is 11.5 Å². The molecule has 1 aliphatic heterocycles. The number of hydrogen-bond donors (Lipinski definition) is 0. The van der Waals surface area contributed by atoms with E-state index in [1.807, 2.05) is 24.3 Å². The van der Waals surface area contributed by atoms with Crippen molar-refractivity contribution in [1.29, 1.82) is 0 Å². The molecule has 1 amide bonds. The van der Waals surface area contributed by atoms with Gasteiger partial charge in [-0.05, 0) is 49.4 Å². The lowest BCUT2D eigenvalue weighted by Gasteiger charge is -2.35. The van der Waals surface area contributed by atoms with Crippen LogP contribution in [0.2, 0.25) is 0 Å². The fourth-order valence-corrected chi connectivity index (χ4v) is 3.87. The normalized spacial score (nSPS) is 25.7. The maximum absolute atomic E-state index is 12.5. The molecule has 1 aromatic rings. The number of nitrogens with zero attached hydrogens (tertiary/aromatic N) is 1. The first-order chi connectivity index (χ1) is 11.2. The van der Waals surface area contributed by atoms with Crippen LogP contribution in [0.3, 0.4) is 0 Å². The second kappa shape index (κ2) is 7.21. The number of hydrogen-bond acceptors (Lipinski definition) is 4. The summed E-state index contributed by atoms with van der Waals surface area (Å²) in [6.07, 6.45) is 3.91. The molecule has 2 fully saturated rings. The maximum Gasteiger partial charge on any atom is 0.225 e. The Morgan fingerprint density at radius 2 is 1.91 bits per heavy atom. The number of methoxy groups -OCH3 is 2. The molecule has 1 saturated carbocycles. The van der Waals surface area contributed by atoms with Crippen molar-refractivity contribution in [2.24, 2.45) is 5.92 Å². The summed E-state index contributed by atoms with van der Waals surface area (Å²) in [5.41, 5.74) is 0. The number of carbonyl (C=O) groups excluding carboxylic acids is 1. The quantitative estimate of drug-likeness (QED) is 0.775. The van der Waals surface area contributed by atoms with Crippen molar-refractivity contribution in [3.63, 3.8) is 0 Å². The largest absolute Gasteiger partial charge is 0.497 e. The van der Waals surface area contributed by atoms with E-state index in [-0.39, 0.29) is 11.9 Å². The molecule has 0 N–H and O–H groups in total. The topological polar surface area (TPSA) is 48.0 Å². The Hall–Kier alpha value is -1.75. The Kier molecular flexibility index (Phi) is 5.06. The summed E-state index contributed by atoms with van der Waals surface area (Å²) in [4.78, 5) is 14.5. The Morgan fingerprint density at radius 3 is 2.61 bits per heavy atom. The monoisotopic (exact) mass is 319 g/mol. The van der Waals surface area contributed by atoms with Crippen LogP contribution < -0.4 is 9.47 Å². The summed E-state index contributed by atoms with van der Waals surface area (Å²) in [7, 11) is 3.28. The molecule has 3 atom stereocenters. The predicted molar refractivity (Wildman–Crippen MR) is 86.7 cm³/mol. The van der Waals surface area contributed by atoms with E-state index in [0.717, 1.165) is 24.3 Å². The van der Waals surface area contributed by atoms with E-state index in [1.54, 1.807) is 14.2 Å². The molecule has 2 bridgehead atoms. The fraction of sp³-hybridized carbons (Fsp3) is 0.611. The summed E-state index contributed by atoms with van der Waals surface area (Å²) in [5.74, 6) is 2.40. The maximum atomic E-state index is 12.5. The smallest absolute Gasteiger partial charge is 0.225 e. The highest BCUT2D eigenvalue weighted by atomic mass is 16.5. The van der Waals surface area contributed by atoms with Crippen LogP contribution in [0.1, 0.15) is 25.7 Å². The molecule has 23 heavy (non-hydrogen) atoms. The van der Waals surface area contributed by atoms with Crippen molar-refractivity contribution in [1.82, 2.24) is 4.90 Å². The summed E-state index contributed by atoms with van der Waals surface area (Å²) in [6, 6.07) is 8.18. The zero-order valence-electron chi connectivity index (χ0n) is 13.9. The van der Waals surface area contributed by atoms with Gasteiger partial charge in [-0.25, -0.2) is 0 Å². The Balaban J connectivity index is 1.61. The molecule has 1 heterocycles. The molecule has 0 spiro atoms. The summed E-state index contributed by atoms with van der Waals surface area (Å²) >= 11 is 0. The van der Waals surface area contributed by atoms with E-state index in [0.29, 0.717) is 31.6 Å². The number of amides is 1. The van der Waals surface area contributed by atoms with Crippen molar-refractivity contribution >= 4 is 5.91 Å². The lowest BCUT2D eigenvalue weighted by molar-refractivity contribution is -0.137. The van der Waals surface area contributed by atoms with Crippen LogP contribution in [0.4, 0.5) is 0 Å². The van der Waals surface area contributed by atoms with Gasteiger partial charge in [-0.2, -0.15) is 0 Å². The zero-order valence-corrected chi connectivity index (χ0v) is 13.9. The number of piperidine rings is 1. The molecule has 126 valence electrons. The van der Waals surface area contributed by atoms with E-state index in [4.69, 9.17) is 14.2 Å². The van der Waals surface area contributed by atoms with Crippen LogP contribution >= 0.6 is 0 Å². The van der Waals surface area contributed by atoms with Gasteiger partial charge >= 0.3 is 0 Å². The number of rotatable bonds is 7. The van der Waals surface area contributed by atoms with Crippen molar-refractivity contribution in [3.8, 4) is 11.5 Å². The number of ether oxygens (including phenoxy) is 3. The third kappa shape index (κ3) is 3.44. The Morgan fingerprint density at radius 1 is 1.17 bits per heavy atom. The fourth-order valence-electron chi connectivity index (χ4n) is 3.87. The van der Waals surface area contributed by atoms with Gasteiger partial charge in [0, 0.05) is 13.2 Å². The molecular weight excluding hydrogens is 294 g/mol. The lowest BCUT2D eigenvalue weighted by atomic mass is 9.99. The van der Waals surface area contributed by atoms with Crippen molar-refractivity contribution < 1.29 is 19.0 Å². The highest BCUT2D eigenvalue weighted by Gasteiger charge is 2.47. The highest BCUT2D eigenvalue weighted by Crippen LogP contribution is 2.42. The minimum atomic E-state index is 0.195. The van der Waals surface area contributed by atoms with E-state index in [9.17, 15) is 4.79 Å². The molecule has 0 radical (unpaired) electrons. The van der Waals surface area contributed by atoms with Crippen LogP contribution in [0.25, 0.3) is 0 Å². The number of benzene rings is 1. The average molecular weight is 319 g/mol. The lowest BCUT2D eigenvalue weighted by Crippen LogP contribution is -2.48. The van der Waals surface area contributed by atoms with Crippen LogP contribution in [0, 0.1) is 5.92 Å². The Bertz CT molecular complexity index is 530. The van der Waals surface area contributed by atoms with Gasteiger partial charge < -0.3 is 19.1 Å². The standard InChI is InChI=1S/C18H25NO4/c1-21-10-9-18(20)19-14-4-3-13(11-14)17(19)12-23-16-7-5-15(22-2)6-8-16/h5-8,13-14,17H,3-4,9-12H2,1-2H3/t13-,14-,17-/m1/s1. The first kappa shape index (κ1) is 16.1. The van der Waals surface area contributed by atoms with Crippen LogP contribution in [-0.2, 0) is 9.53 Å². The zero-order chi connectivity index (χ0) is 16.2. The molecule has 5 nitrogen and oxygen atoms in total. The molecule has 1 aliphatic carbocycles. The second-order valence-corrected chi connectivity index (χ2v) is 6.32. The minimum Gasteiger partial charge on any atom is -0.497 e. The van der Waals surface area contributed by atoms with Gasteiger partial charge in [-0.1, -0.05) is 0 Å². The third-order valence-corrected chi connectivity index (χ3v) is 5.03. The van der Waals surface area contributed by atoms with Crippen molar-refractivity contribution in [3.05, 3.63) is 24.3 Å². The molecule has 0 aromatic heterocycles. The summed E-state index contributed by atoms with van der Waals surface area (Å²) in [5, 5.41) is 0. The van der Waals surface area contributed by atoms with Gasteiger partial charge in [0.2, 0.25) is 5.91 Å². The number of fused-ring (bicyclic) bond motifs is 2. The van der Waals surface area contributed by atoms with Gasteiger partial charge in [0.15, 0.2) is 0 Å². The van der Waals surface area contributed by atoms with E-state index >= 15 is 0 Å². The van der Waals surface area contributed by atoms with E-state index in [1.165, 1.54) is 6.42 Å². The highest BCUT2D eigenvalue weighted by molar-refractivity contribution is 5.77. The predicted octanol–water partition coefficient (Wildman–Crippen LogP) is 2.49. The second-order valence-electron chi connectivity index (χ2n) is 6.32. The van der Waals surface area contributed by atoms with Crippen LogP contribution in [0.15, 0.2) is 24.3 Å². The first-order valence-electron chi connectivity index (χ1n) is 8.30. The molecular formula is C18H25NO4. The third-order valence-electron chi connectivity index (χ3n) is 5.03. The van der Waals surface area contributed by atoms with Crippen molar-refractivity contribution in [2.75, 3.05) is 27.4 Å². The molecule has 1 aromatic carbocycles. The molecule has 2 aliphatic rings. The SMILES string of the molecule is COCCC(=O)N1[C@@H]2CC[C@H](C2)[C@H]1COc1ccc(OC)cc1. The van der Waals surface area contributed by atoms with Crippen LogP contribution in [-0.4, -0.2) is 50.3 Å². The van der Waals surface area contributed by atoms with Gasteiger partial charge in [-0.15, -0.1) is 0 Å². The summed E-state index contributed by atoms with van der Waals surface area (Å²) in [6.45, 7) is 1.05. The van der Waals surface area contributed by atoms with E-state index < -0.39 is 0 Å². The number of likely N-dealkylation sites (tertiary alicyclic amines) is 1. The van der Waals surface area contributed by atoms with Gasteiger partial charge in [0.05, 0.1) is 26.2 Å². The van der Waals surface area contributed by atoms with Gasteiger partial charge in [0.25, 0.3) is 0 Å². The molecule has 0 unspecified atom stereocenters. The van der Waals surface area contributed by atoms with E-state index in [2.05, 4.69) is 4.90 Å². The molecule has 3 rings (SSSR count). The van der Waals surface area contributed by atoms with Gasteiger partial charge in [-0.3, -0.25) is 4.79 Å². The average Bonchev–Trinajstić information content (AvgIpc) is 3.19. The van der Waals surface area contributed by atoms with Crippen molar-refractivity contribution in [2.45, 2.75) is 37.8 Å². The Labute approximate surface area is 137 Å². The molecule has 5 heteroatoms. The molecule has 1 saturated heterocycles. The first-order valence-corrected chi connectivity index (χ1v) is 8.30.